The zero-order valence-corrected chi connectivity index (χ0v) is 12.6. The van der Waals surface area contributed by atoms with Crippen LogP contribution in [0, 0.1) is 17.8 Å². The van der Waals surface area contributed by atoms with Crippen molar-refractivity contribution in [2.24, 2.45) is 17.8 Å². The highest BCUT2D eigenvalue weighted by Crippen LogP contribution is 2.48. The summed E-state index contributed by atoms with van der Waals surface area (Å²) in [4.78, 5) is 14.2. The first-order valence-corrected chi connectivity index (χ1v) is 7.75. The molecular weight excluding hydrogens is 291 g/mol. The predicted molar refractivity (Wildman–Crippen MR) is 76.9 cm³/mol. The average molecular weight is 311 g/mol. The molecule has 2 aliphatic carbocycles. The minimum atomic E-state index is -4.32. The van der Waals surface area contributed by atoms with Gasteiger partial charge >= 0.3 is 6.18 Å². The molecule has 3 rings (SSSR count). The van der Waals surface area contributed by atoms with Crippen LogP contribution in [0.2, 0.25) is 0 Å². The number of fused-ring (bicyclic) bond motifs is 2. The quantitative estimate of drug-likeness (QED) is 0.823. The van der Waals surface area contributed by atoms with E-state index in [1.54, 1.807) is 11.9 Å². The molecule has 2 saturated carbocycles. The Bertz CT molecular complexity index is 552. The maximum absolute atomic E-state index is 12.5. The Morgan fingerprint density at radius 3 is 2.36 bits per heavy atom. The van der Waals surface area contributed by atoms with Gasteiger partial charge in [-0.05, 0) is 48.8 Å². The monoisotopic (exact) mass is 311 g/mol. The summed E-state index contributed by atoms with van der Waals surface area (Å²) in [6.07, 6.45) is 0.237. The minimum absolute atomic E-state index is 0.123. The van der Waals surface area contributed by atoms with Crippen LogP contribution >= 0.6 is 0 Å². The zero-order chi connectivity index (χ0) is 15.9. The lowest BCUT2D eigenvalue weighted by atomic mass is 9.88. The van der Waals surface area contributed by atoms with Gasteiger partial charge in [0.25, 0.3) is 0 Å². The van der Waals surface area contributed by atoms with Gasteiger partial charge in [-0.3, -0.25) is 4.79 Å². The number of halogens is 3. The fourth-order valence-electron chi connectivity index (χ4n) is 3.98. The molecule has 0 heterocycles. The smallest absolute Gasteiger partial charge is 0.341 e. The summed E-state index contributed by atoms with van der Waals surface area (Å²) < 4.78 is 37.6. The number of amides is 1. The van der Waals surface area contributed by atoms with Gasteiger partial charge in [0.1, 0.15) is 0 Å². The van der Waals surface area contributed by atoms with Crippen molar-refractivity contribution in [1.29, 1.82) is 0 Å². The number of carbonyl (C=O) groups excluding carboxylic acids is 1. The van der Waals surface area contributed by atoms with E-state index in [9.17, 15) is 18.0 Å². The van der Waals surface area contributed by atoms with Crippen molar-refractivity contribution in [3.05, 3.63) is 35.4 Å². The van der Waals surface area contributed by atoms with E-state index in [0.717, 1.165) is 30.5 Å². The second kappa shape index (κ2) is 5.60. The van der Waals surface area contributed by atoms with Gasteiger partial charge in [0, 0.05) is 19.5 Å². The van der Waals surface area contributed by atoms with Gasteiger partial charge < -0.3 is 4.90 Å². The van der Waals surface area contributed by atoms with Crippen LogP contribution < -0.4 is 0 Å². The molecule has 2 aliphatic rings. The lowest BCUT2D eigenvalue weighted by molar-refractivity contribution is -0.138. The first-order valence-electron chi connectivity index (χ1n) is 7.75. The van der Waals surface area contributed by atoms with E-state index in [-0.39, 0.29) is 11.8 Å². The number of hydrogen-bond donors (Lipinski definition) is 0. The molecule has 3 atom stereocenters. The summed E-state index contributed by atoms with van der Waals surface area (Å²) in [5.74, 6) is 1.50. The van der Waals surface area contributed by atoms with Crippen LogP contribution in [-0.2, 0) is 17.5 Å². The summed E-state index contributed by atoms with van der Waals surface area (Å²) in [6.45, 7) is 0.366. The molecule has 120 valence electrons. The highest BCUT2D eigenvalue weighted by atomic mass is 19.4. The number of alkyl halides is 3. The van der Waals surface area contributed by atoms with Crippen molar-refractivity contribution in [3.8, 4) is 0 Å². The third-order valence-corrected chi connectivity index (χ3v) is 5.13. The fourth-order valence-corrected chi connectivity index (χ4v) is 3.98. The van der Waals surface area contributed by atoms with Crippen molar-refractivity contribution in [3.63, 3.8) is 0 Å². The van der Waals surface area contributed by atoms with E-state index in [2.05, 4.69) is 0 Å². The zero-order valence-electron chi connectivity index (χ0n) is 12.6. The molecule has 5 heteroatoms. The molecule has 22 heavy (non-hydrogen) atoms. The normalized spacial score (nSPS) is 27.2. The van der Waals surface area contributed by atoms with Crippen LogP contribution in [-0.4, -0.2) is 17.9 Å². The molecule has 0 spiro atoms. The lowest BCUT2D eigenvalue weighted by Crippen LogP contribution is -2.35. The fraction of sp³-hybridized carbons (Fsp3) is 0.588. The topological polar surface area (TPSA) is 20.3 Å². The molecule has 1 aromatic carbocycles. The van der Waals surface area contributed by atoms with Crippen LogP contribution in [0.15, 0.2) is 24.3 Å². The van der Waals surface area contributed by atoms with Crippen LogP contribution in [0.1, 0.15) is 36.8 Å². The summed E-state index contributed by atoms with van der Waals surface area (Å²) >= 11 is 0. The van der Waals surface area contributed by atoms with Crippen molar-refractivity contribution >= 4 is 5.91 Å². The van der Waals surface area contributed by atoms with E-state index >= 15 is 0 Å². The molecule has 2 bridgehead atoms. The van der Waals surface area contributed by atoms with Crippen LogP contribution in [0.5, 0.6) is 0 Å². The molecule has 2 fully saturated rings. The summed E-state index contributed by atoms with van der Waals surface area (Å²) in [6, 6.07) is 5.05. The van der Waals surface area contributed by atoms with Crippen LogP contribution in [0.25, 0.3) is 0 Å². The van der Waals surface area contributed by atoms with E-state index in [1.807, 2.05) is 0 Å². The summed E-state index contributed by atoms with van der Waals surface area (Å²) in [5, 5.41) is 0. The molecule has 3 unspecified atom stereocenters. The second-order valence-electron chi connectivity index (χ2n) is 6.67. The minimum Gasteiger partial charge on any atom is -0.341 e. The number of benzene rings is 1. The van der Waals surface area contributed by atoms with Crippen molar-refractivity contribution in [1.82, 2.24) is 4.90 Å². The third kappa shape index (κ3) is 2.99. The van der Waals surface area contributed by atoms with Gasteiger partial charge in [-0.25, -0.2) is 0 Å². The van der Waals surface area contributed by atoms with Crippen molar-refractivity contribution < 1.29 is 18.0 Å². The Morgan fingerprint density at radius 1 is 1.18 bits per heavy atom. The Morgan fingerprint density at radius 2 is 1.86 bits per heavy atom. The van der Waals surface area contributed by atoms with Gasteiger partial charge in [-0.1, -0.05) is 18.6 Å². The molecule has 0 aromatic heterocycles. The first-order chi connectivity index (χ1) is 10.3. The largest absolute Gasteiger partial charge is 0.416 e. The first kappa shape index (κ1) is 15.4. The SMILES string of the molecule is CN(Cc1ccc(C(F)(F)F)cc1)C(=O)C1CC2CCC1C2. The number of rotatable bonds is 3. The van der Waals surface area contributed by atoms with Gasteiger partial charge in [0.15, 0.2) is 0 Å². The summed E-state index contributed by atoms with van der Waals surface area (Å²) in [5.41, 5.74) is 0.0744. The van der Waals surface area contributed by atoms with Gasteiger partial charge in [-0.15, -0.1) is 0 Å². The van der Waals surface area contributed by atoms with E-state index < -0.39 is 11.7 Å². The molecule has 1 amide bonds. The summed E-state index contributed by atoms with van der Waals surface area (Å²) in [7, 11) is 1.74. The maximum atomic E-state index is 12.5. The van der Waals surface area contributed by atoms with Crippen molar-refractivity contribution in [2.75, 3.05) is 7.05 Å². The van der Waals surface area contributed by atoms with Crippen LogP contribution in [0.3, 0.4) is 0 Å². The molecule has 0 N–H and O–H groups in total. The van der Waals surface area contributed by atoms with Gasteiger partial charge in [0.2, 0.25) is 5.91 Å². The van der Waals surface area contributed by atoms with Crippen LogP contribution in [0.4, 0.5) is 13.2 Å². The van der Waals surface area contributed by atoms with E-state index in [1.165, 1.54) is 25.0 Å². The number of hydrogen-bond acceptors (Lipinski definition) is 1. The third-order valence-electron chi connectivity index (χ3n) is 5.13. The molecule has 2 nitrogen and oxygen atoms in total. The average Bonchev–Trinajstić information content (AvgIpc) is 3.08. The van der Waals surface area contributed by atoms with Gasteiger partial charge in [0.05, 0.1) is 5.56 Å². The van der Waals surface area contributed by atoms with Gasteiger partial charge in [-0.2, -0.15) is 13.2 Å². The maximum Gasteiger partial charge on any atom is 0.416 e. The molecule has 0 saturated heterocycles. The Hall–Kier alpha value is -1.52. The lowest BCUT2D eigenvalue weighted by Gasteiger charge is -2.26. The number of nitrogens with zero attached hydrogens (tertiary/aromatic N) is 1. The van der Waals surface area contributed by atoms with E-state index in [4.69, 9.17) is 0 Å². The Balaban J connectivity index is 1.61. The molecular formula is C17H20F3NO. The van der Waals surface area contributed by atoms with Crippen molar-refractivity contribution in [2.45, 2.75) is 38.4 Å². The number of carbonyl (C=O) groups is 1. The van der Waals surface area contributed by atoms with E-state index in [0.29, 0.717) is 18.4 Å². The molecule has 0 radical (unpaired) electrons. The highest BCUT2D eigenvalue weighted by molar-refractivity contribution is 5.79. The molecule has 1 aromatic rings. The Labute approximate surface area is 128 Å². The predicted octanol–water partition coefficient (Wildman–Crippen LogP) is 4.10. The standard InChI is InChI=1S/C17H20F3NO/c1-21(16(22)15-9-12-2-5-13(15)8-12)10-11-3-6-14(7-4-11)17(18,19)20/h3-4,6-7,12-13,15H,2,5,8-10H2,1H3. The second-order valence-corrected chi connectivity index (χ2v) is 6.67. The molecule has 0 aliphatic heterocycles. The Kier molecular flexibility index (Phi) is 3.91. The highest BCUT2D eigenvalue weighted by Gasteiger charge is 2.43.